The lowest BCUT2D eigenvalue weighted by molar-refractivity contribution is 0.0925. The van der Waals surface area contributed by atoms with E-state index in [9.17, 15) is 14.7 Å². The lowest BCUT2D eigenvalue weighted by atomic mass is 10.1. The average molecular weight is 562 g/mol. The standard InChI is InChI=1S/C28H28BrN5O3/c1-19(27(36)21-3-5-22(29)6-4-21)34-28(37)33(20(2)30-34)25-9-7-23(8-10-25)31-15-17-32(18-16-31)24-11-13-26(35)14-12-24/h3-14,19,35H,15-18H2,1-2H3. The number of anilines is 2. The fraction of sp³-hybridized carbons (Fsp3) is 0.250. The summed E-state index contributed by atoms with van der Waals surface area (Å²) in [6.45, 7) is 6.96. The van der Waals surface area contributed by atoms with E-state index in [-0.39, 0.29) is 17.2 Å². The highest BCUT2D eigenvalue weighted by atomic mass is 79.9. The summed E-state index contributed by atoms with van der Waals surface area (Å²) >= 11 is 3.38. The number of Topliss-reactive ketones (excluding diaryl/α,β-unsaturated/α-hetero) is 1. The number of benzene rings is 3. The van der Waals surface area contributed by atoms with Crippen LogP contribution in [0.4, 0.5) is 11.4 Å². The molecule has 1 atom stereocenters. The van der Waals surface area contributed by atoms with Crippen molar-refractivity contribution in [2.24, 2.45) is 0 Å². The molecular formula is C28H28BrN5O3. The Bertz CT molecular complexity index is 1450. The van der Waals surface area contributed by atoms with Gasteiger partial charge in [0.05, 0.1) is 5.69 Å². The lowest BCUT2D eigenvalue weighted by Crippen LogP contribution is -2.46. The molecule has 3 aromatic carbocycles. The van der Waals surface area contributed by atoms with Crippen LogP contribution in [0.2, 0.25) is 0 Å². The van der Waals surface area contributed by atoms with Gasteiger partial charge >= 0.3 is 5.69 Å². The molecular weight excluding hydrogens is 534 g/mol. The molecule has 0 amide bonds. The van der Waals surface area contributed by atoms with Crippen molar-refractivity contribution < 1.29 is 9.90 Å². The topological polar surface area (TPSA) is 83.6 Å². The van der Waals surface area contributed by atoms with Gasteiger partial charge in [-0.2, -0.15) is 5.10 Å². The molecule has 5 rings (SSSR count). The Labute approximate surface area is 223 Å². The Morgan fingerprint density at radius 3 is 1.86 bits per heavy atom. The van der Waals surface area contributed by atoms with Crippen molar-refractivity contribution in [3.05, 3.63) is 99.1 Å². The van der Waals surface area contributed by atoms with Crippen LogP contribution in [0, 0.1) is 6.92 Å². The molecule has 0 saturated carbocycles. The third-order valence-corrected chi connectivity index (χ3v) is 7.33. The summed E-state index contributed by atoms with van der Waals surface area (Å²) in [7, 11) is 0. The van der Waals surface area contributed by atoms with Crippen molar-refractivity contribution >= 4 is 33.1 Å². The number of aromatic hydroxyl groups is 1. The van der Waals surface area contributed by atoms with Gasteiger partial charge in [0, 0.05) is 47.6 Å². The highest BCUT2D eigenvalue weighted by Gasteiger charge is 2.23. The monoisotopic (exact) mass is 561 g/mol. The zero-order valence-corrected chi connectivity index (χ0v) is 22.3. The van der Waals surface area contributed by atoms with E-state index in [2.05, 4.69) is 30.8 Å². The van der Waals surface area contributed by atoms with E-state index in [1.165, 1.54) is 9.25 Å². The maximum atomic E-state index is 13.3. The van der Waals surface area contributed by atoms with Crippen LogP contribution >= 0.6 is 15.9 Å². The minimum atomic E-state index is -0.724. The lowest BCUT2D eigenvalue weighted by Gasteiger charge is -2.37. The summed E-state index contributed by atoms with van der Waals surface area (Å²) in [5, 5.41) is 13.9. The van der Waals surface area contributed by atoms with Gasteiger partial charge in [-0.3, -0.25) is 4.79 Å². The largest absolute Gasteiger partial charge is 0.508 e. The number of phenols is 1. The van der Waals surface area contributed by atoms with Gasteiger partial charge in [-0.1, -0.05) is 28.1 Å². The molecule has 1 unspecified atom stereocenters. The molecule has 0 aliphatic carbocycles. The molecule has 0 radical (unpaired) electrons. The summed E-state index contributed by atoms with van der Waals surface area (Å²) in [4.78, 5) is 30.9. The minimum Gasteiger partial charge on any atom is -0.508 e. The van der Waals surface area contributed by atoms with Gasteiger partial charge in [0.15, 0.2) is 5.78 Å². The molecule has 190 valence electrons. The molecule has 0 bridgehead atoms. The molecule has 9 heteroatoms. The number of hydrogen-bond acceptors (Lipinski definition) is 6. The first-order valence-corrected chi connectivity index (χ1v) is 13.0. The smallest absolute Gasteiger partial charge is 0.351 e. The molecule has 2 heterocycles. The molecule has 8 nitrogen and oxygen atoms in total. The van der Waals surface area contributed by atoms with E-state index >= 15 is 0 Å². The number of rotatable bonds is 6. The molecule has 1 N–H and O–H groups in total. The van der Waals surface area contributed by atoms with Crippen LogP contribution in [-0.4, -0.2) is 51.4 Å². The summed E-state index contributed by atoms with van der Waals surface area (Å²) in [5.74, 6) is 0.629. The van der Waals surface area contributed by atoms with Crippen LogP contribution in [0.15, 0.2) is 82.1 Å². The number of aromatic nitrogens is 3. The normalized spacial score (nSPS) is 14.6. The van der Waals surface area contributed by atoms with Crippen molar-refractivity contribution in [2.75, 3.05) is 36.0 Å². The first kappa shape index (κ1) is 24.8. The first-order valence-electron chi connectivity index (χ1n) is 12.2. The quantitative estimate of drug-likeness (QED) is 0.347. The van der Waals surface area contributed by atoms with E-state index in [4.69, 9.17) is 0 Å². The van der Waals surface area contributed by atoms with Crippen molar-refractivity contribution in [1.82, 2.24) is 14.3 Å². The van der Waals surface area contributed by atoms with E-state index in [0.29, 0.717) is 17.1 Å². The zero-order chi connectivity index (χ0) is 26.1. The Balaban J connectivity index is 1.30. The number of carbonyl (C=O) groups excluding carboxylic acids is 1. The molecule has 1 fully saturated rings. The summed E-state index contributed by atoms with van der Waals surface area (Å²) < 4.78 is 3.69. The maximum Gasteiger partial charge on any atom is 0.351 e. The predicted octanol–water partition coefficient (Wildman–Crippen LogP) is 4.58. The Morgan fingerprint density at radius 2 is 1.32 bits per heavy atom. The average Bonchev–Trinajstić information content (AvgIpc) is 3.22. The SMILES string of the molecule is Cc1nn(C(C)C(=O)c2ccc(Br)cc2)c(=O)n1-c1ccc(N2CCN(c3ccc(O)cc3)CC2)cc1. The number of piperazine rings is 1. The predicted molar refractivity (Wildman–Crippen MR) is 148 cm³/mol. The fourth-order valence-electron chi connectivity index (χ4n) is 4.70. The summed E-state index contributed by atoms with van der Waals surface area (Å²) in [6, 6.07) is 21.5. The Hall–Kier alpha value is -3.85. The van der Waals surface area contributed by atoms with E-state index in [1.807, 2.05) is 36.4 Å². The summed E-state index contributed by atoms with van der Waals surface area (Å²) in [6.07, 6.45) is 0. The fourth-order valence-corrected chi connectivity index (χ4v) is 4.96. The van der Waals surface area contributed by atoms with E-state index in [0.717, 1.165) is 42.0 Å². The van der Waals surface area contributed by atoms with Crippen LogP contribution < -0.4 is 15.5 Å². The molecule has 1 aromatic heterocycles. The third kappa shape index (κ3) is 5.04. The highest BCUT2D eigenvalue weighted by molar-refractivity contribution is 9.10. The zero-order valence-electron chi connectivity index (χ0n) is 20.7. The second-order valence-corrected chi connectivity index (χ2v) is 10.1. The minimum absolute atomic E-state index is 0.166. The van der Waals surface area contributed by atoms with Gasteiger partial charge in [-0.05, 0) is 74.5 Å². The van der Waals surface area contributed by atoms with Crippen LogP contribution in [-0.2, 0) is 0 Å². The molecule has 1 aliphatic rings. The van der Waals surface area contributed by atoms with Gasteiger partial charge in [0.1, 0.15) is 17.6 Å². The van der Waals surface area contributed by atoms with Crippen LogP contribution in [0.25, 0.3) is 5.69 Å². The van der Waals surface area contributed by atoms with Gasteiger partial charge < -0.3 is 14.9 Å². The van der Waals surface area contributed by atoms with Gasteiger partial charge in [0.25, 0.3) is 0 Å². The van der Waals surface area contributed by atoms with Gasteiger partial charge in [0.2, 0.25) is 0 Å². The Kier molecular flexibility index (Phi) is 6.88. The number of carbonyl (C=O) groups is 1. The molecule has 1 aliphatic heterocycles. The van der Waals surface area contributed by atoms with Crippen LogP contribution in [0.5, 0.6) is 5.75 Å². The number of nitrogens with zero attached hydrogens (tertiary/aromatic N) is 5. The molecule has 4 aromatic rings. The van der Waals surface area contributed by atoms with E-state index < -0.39 is 6.04 Å². The number of halogens is 1. The van der Waals surface area contributed by atoms with Crippen LogP contribution in [0.3, 0.4) is 0 Å². The van der Waals surface area contributed by atoms with Crippen molar-refractivity contribution in [3.63, 3.8) is 0 Å². The van der Waals surface area contributed by atoms with Gasteiger partial charge in [-0.25, -0.2) is 14.0 Å². The summed E-state index contributed by atoms with van der Waals surface area (Å²) in [5.41, 5.74) is 3.09. The number of aryl methyl sites for hydroxylation is 1. The molecule has 37 heavy (non-hydrogen) atoms. The molecule has 0 spiro atoms. The number of hydrogen-bond donors (Lipinski definition) is 1. The highest BCUT2D eigenvalue weighted by Crippen LogP contribution is 2.24. The number of ketones is 1. The molecule has 1 saturated heterocycles. The van der Waals surface area contributed by atoms with Gasteiger partial charge in [-0.15, -0.1) is 0 Å². The second-order valence-electron chi connectivity index (χ2n) is 9.16. The second kappa shape index (κ2) is 10.3. The van der Waals surface area contributed by atoms with Crippen molar-refractivity contribution in [1.29, 1.82) is 0 Å². The van der Waals surface area contributed by atoms with E-state index in [1.54, 1.807) is 50.2 Å². The Morgan fingerprint density at radius 1 is 0.838 bits per heavy atom. The van der Waals surface area contributed by atoms with Crippen LogP contribution in [0.1, 0.15) is 29.1 Å². The first-order chi connectivity index (χ1) is 17.8. The third-order valence-electron chi connectivity index (χ3n) is 6.81. The number of phenolic OH excluding ortho intramolecular Hbond substituents is 1. The van der Waals surface area contributed by atoms with Crippen molar-refractivity contribution in [3.8, 4) is 11.4 Å². The van der Waals surface area contributed by atoms with Crippen molar-refractivity contribution in [2.45, 2.75) is 19.9 Å². The maximum absolute atomic E-state index is 13.3.